The van der Waals surface area contributed by atoms with E-state index in [-0.39, 0.29) is 6.61 Å². The van der Waals surface area contributed by atoms with Crippen molar-refractivity contribution >= 4 is 11.9 Å². The quantitative estimate of drug-likeness (QED) is 0.371. The van der Waals surface area contributed by atoms with E-state index in [1.54, 1.807) is 12.1 Å². The zero-order valence-electron chi connectivity index (χ0n) is 17.9. The van der Waals surface area contributed by atoms with Crippen LogP contribution in [0.15, 0.2) is 65.6 Å². The van der Waals surface area contributed by atoms with E-state index in [0.717, 1.165) is 29.1 Å². The van der Waals surface area contributed by atoms with Crippen LogP contribution in [0.5, 0.6) is 11.5 Å². The van der Waals surface area contributed by atoms with Crippen LogP contribution in [0.3, 0.4) is 0 Å². The number of alkyl halides is 3. The number of nitrogens with zero attached hydrogens (tertiary/aromatic N) is 2. The summed E-state index contributed by atoms with van der Waals surface area (Å²) in [6.45, 7) is 5.31. The molecule has 0 bridgehead atoms. The number of hydrogen-bond acceptors (Lipinski definition) is 5. The van der Waals surface area contributed by atoms with E-state index < -0.39 is 11.7 Å². The maximum Gasteiger partial charge on any atom is 0.416 e. The van der Waals surface area contributed by atoms with Gasteiger partial charge in [-0.3, -0.25) is 4.98 Å². The maximum absolute atomic E-state index is 13.2. The van der Waals surface area contributed by atoms with Crippen molar-refractivity contribution < 1.29 is 23.0 Å². The predicted octanol–water partition coefficient (Wildman–Crippen LogP) is 6.44. The second-order valence-corrected chi connectivity index (χ2v) is 8.12. The summed E-state index contributed by atoms with van der Waals surface area (Å²) in [4.78, 5) is 4.94. The van der Waals surface area contributed by atoms with E-state index in [2.05, 4.69) is 4.98 Å². The first-order valence-corrected chi connectivity index (χ1v) is 11.1. The van der Waals surface area contributed by atoms with Gasteiger partial charge in [0.15, 0.2) is 0 Å². The van der Waals surface area contributed by atoms with Gasteiger partial charge in [0.1, 0.15) is 11.5 Å². The van der Waals surface area contributed by atoms with E-state index in [0.29, 0.717) is 35.9 Å². The molecule has 0 fully saturated rings. The zero-order chi connectivity index (χ0) is 23.1. The molecule has 1 aromatic heterocycles. The number of aliphatic hydroxyl groups is 1. The lowest BCUT2D eigenvalue weighted by Gasteiger charge is -2.20. The molecule has 0 radical (unpaired) electrons. The number of pyridine rings is 1. The van der Waals surface area contributed by atoms with Gasteiger partial charge in [-0.05, 0) is 66.5 Å². The second kappa shape index (κ2) is 10.8. The Bertz CT molecular complexity index is 1020. The zero-order valence-corrected chi connectivity index (χ0v) is 18.7. The first kappa shape index (κ1) is 24.1. The Kier molecular flexibility index (Phi) is 8.17. The highest BCUT2D eigenvalue weighted by Crippen LogP contribution is 2.39. The standard InChI is InChI=1S/C24H25F3N2O2S/c1-3-29(4-2)32-23-16-18(24(25,26)27)10-13-22(23)31-20-11-8-17(9-12-20)21-7-5-6-19(28-21)14-15-30/h5-13,16,30H,3-4,14-15H2,1-2H3. The normalized spacial score (nSPS) is 11.7. The van der Waals surface area contributed by atoms with Crippen molar-refractivity contribution in [3.8, 4) is 22.8 Å². The highest BCUT2D eigenvalue weighted by atomic mass is 32.2. The summed E-state index contributed by atoms with van der Waals surface area (Å²) in [6.07, 6.45) is -3.94. The molecule has 0 aliphatic heterocycles. The lowest BCUT2D eigenvalue weighted by molar-refractivity contribution is -0.137. The third kappa shape index (κ3) is 6.25. The topological polar surface area (TPSA) is 45.6 Å². The minimum atomic E-state index is -4.42. The largest absolute Gasteiger partial charge is 0.456 e. The Morgan fingerprint density at radius 3 is 2.34 bits per heavy atom. The van der Waals surface area contributed by atoms with Crippen molar-refractivity contribution in [1.82, 2.24) is 9.29 Å². The van der Waals surface area contributed by atoms with Gasteiger partial charge in [0.25, 0.3) is 0 Å². The van der Waals surface area contributed by atoms with E-state index in [4.69, 9.17) is 9.84 Å². The molecule has 0 amide bonds. The molecule has 32 heavy (non-hydrogen) atoms. The van der Waals surface area contributed by atoms with E-state index in [1.165, 1.54) is 18.0 Å². The SMILES string of the molecule is CCN(CC)Sc1cc(C(F)(F)F)ccc1Oc1ccc(-c2cccc(CCO)n2)cc1. The number of halogens is 3. The molecular weight excluding hydrogens is 437 g/mol. The van der Waals surface area contributed by atoms with Crippen molar-refractivity contribution in [2.75, 3.05) is 19.7 Å². The fourth-order valence-electron chi connectivity index (χ4n) is 3.05. The molecule has 2 aromatic carbocycles. The van der Waals surface area contributed by atoms with E-state index in [1.807, 2.05) is 48.5 Å². The molecule has 3 aromatic rings. The molecular formula is C24H25F3N2O2S. The number of rotatable bonds is 9. The number of aromatic nitrogens is 1. The average Bonchev–Trinajstić information content (AvgIpc) is 2.78. The number of ether oxygens (including phenoxy) is 1. The van der Waals surface area contributed by atoms with Gasteiger partial charge in [-0.2, -0.15) is 13.2 Å². The first-order valence-electron chi connectivity index (χ1n) is 10.3. The van der Waals surface area contributed by atoms with Gasteiger partial charge in [0, 0.05) is 37.4 Å². The third-order valence-corrected chi connectivity index (χ3v) is 6.05. The van der Waals surface area contributed by atoms with Crippen LogP contribution >= 0.6 is 11.9 Å². The Morgan fingerprint density at radius 2 is 1.72 bits per heavy atom. The molecule has 1 heterocycles. The molecule has 1 N–H and O–H groups in total. The van der Waals surface area contributed by atoms with Gasteiger partial charge in [-0.25, -0.2) is 4.31 Å². The minimum Gasteiger partial charge on any atom is -0.456 e. The van der Waals surface area contributed by atoms with Gasteiger partial charge in [0.05, 0.1) is 16.2 Å². The third-order valence-electron chi connectivity index (χ3n) is 4.76. The molecule has 0 unspecified atom stereocenters. The van der Waals surface area contributed by atoms with Gasteiger partial charge < -0.3 is 9.84 Å². The lowest BCUT2D eigenvalue weighted by Crippen LogP contribution is -2.14. The average molecular weight is 463 g/mol. The molecule has 170 valence electrons. The number of benzene rings is 2. The van der Waals surface area contributed by atoms with Gasteiger partial charge in [-0.1, -0.05) is 19.9 Å². The molecule has 8 heteroatoms. The lowest BCUT2D eigenvalue weighted by atomic mass is 10.1. The molecule has 0 aliphatic rings. The van der Waals surface area contributed by atoms with Crippen LogP contribution < -0.4 is 4.74 Å². The smallest absolute Gasteiger partial charge is 0.416 e. The van der Waals surface area contributed by atoms with Crippen LogP contribution in [0.1, 0.15) is 25.1 Å². The number of hydrogen-bond donors (Lipinski definition) is 1. The summed E-state index contributed by atoms with van der Waals surface area (Å²) in [7, 11) is 0. The van der Waals surface area contributed by atoms with Crippen LogP contribution in [0.2, 0.25) is 0 Å². The first-order chi connectivity index (χ1) is 15.3. The van der Waals surface area contributed by atoms with Crippen molar-refractivity contribution in [2.45, 2.75) is 31.3 Å². The van der Waals surface area contributed by atoms with Crippen molar-refractivity contribution in [3.05, 3.63) is 71.9 Å². The molecule has 3 rings (SSSR count). The van der Waals surface area contributed by atoms with Crippen molar-refractivity contribution in [1.29, 1.82) is 0 Å². The molecule has 4 nitrogen and oxygen atoms in total. The fourth-order valence-corrected chi connectivity index (χ4v) is 3.96. The van der Waals surface area contributed by atoms with Crippen molar-refractivity contribution in [2.24, 2.45) is 0 Å². The van der Waals surface area contributed by atoms with Gasteiger partial charge in [0.2, 0.25) is 0 Å². The van der Waals surface area contributed by atoms with Gasteiger partial charge >= 0.3 is 6.18 Å². The predicted molar refractivity (Wildman–Crippen MR) is 121 cm³/mol. The monoisotopic (exact) mass is 462 g/mol. The molecule has 0 saturated carbocycles. The summed E-state index contributed by atoms with van der Waals surface area (Å²) < 4.78 is 47.6. The van der Waals surface area contributed by atoms with E-state index in [9.17, 15) is 13.2 Å². The Labute approximate surface area is 190 Å². The molecule has 0 spiro atoms. The van der Waals surface area contributed by atoms with Crippen LogP contribution in [-0.2, 0) is 12.6 Å². The Morgan fingerprint density at radius 1 is 1.00 bits per heavy atom. The summed E-state index contributed by atoms with van der Waals surface area (Å²) in [5.74, 6) is 0.882. The molecule has 0 atom stereocenters. The van der Waals surface area contributed by atoms with Crippen LogP contribution in [0.4, 0.5) is 13.2 Å². The van der Waals surface area contributed by atoms with E-state index >= 15 is 0 Å². The summed E-state index contributed by atoms with van der Waals surface area (Å²) >= 11 is 1.25. The summed E-state index contributed by atoms with van der Waals surface area (Å²) in [5, 5.41) is 9.10. The Balaban J connectivity index is 1.85. The highest BCUT2D eigenvalue weighted by molar-refractivity contribution is 7.97. The van der Waals surface area contributed by atoms with Crippen molar-refractivity contribution in [3.63, 3.8) is 0 Å². The van der Waals surface area contributed by atoms with Crippen LogP contribution in [0.25, 0.3) is 11.3 Å². The highest BCUT2D eigenvalue weighted by Gasteiger charge is 2.31. The minimum absolute atomic E-state index is 0.0319. The Hall–Kier alpha value is -2.55. The number of aliphatic hydroxyl groups excluding tert-OH is 1. The van der Waals surface area contributed by atoms with Crippen LogP contribution in [0, 0.1) is 0 Å². The molecule has 0 saturated heterocycles. The second-order valence-electron chi connectivity index (χ2n) is 6.98. The summed E-state index contributed by atoms with van der Waals surface area (Å²) in [5.41, 5.74) is 1.74. The summed E-state index contributed by atoms with van der Waals surface area (Å²) in [6, 6.07) is 16.4. The fraction of sp³-hybridized carbons (Fsp3) is 0.292. The maximum atomic E-state index is 13.2. The van der Waals surface area contributed by atoms with Crippen LogP contribution in [-0.4, -0.2) is 34.1 Å². The van der Waals surface area contributed by atoms with Gasteiger partial charge in [-0.15, -0.1) is 0 Å². The molecule has 0 aliphatic carbocycles.